The van der Waals surface area contributed by atoms with Crippen LogP contribution in [0.15, 0.2) is 12.4 Å². The minimum atomic E-state index is 0.189. The van der Waals surface area contributed by atoms with Gasteiger partial charge in [-0.05, 0) is 24.7 Å². The summed E-state index contributed by atoms with van der Waals surface area (Å²) in [6.45, 7) is 8.66. The molecule has 0 amide bonds. The fourth-order valence-electron chi connectivity index (χ4n) is 4.12. The van der Waals surface area contributed by atoms with E-state index in [4.69, 9.17) is 5.73 Å². The third kappa shape index (κ3) is 2.11. The van der Waals surface area contributed by atoms with Gasteiger partial charge < -0.3 is 10.3 Å². The van der Waals surface area contributed by atoms with Crippen molar-refractivity contribution in [1.82, 2.24) is 14.5 Å². The van der Waals surface area contributed by atoms with Crippen molar-refractivity contribution < 1.29 is 0 Å². The second-order valence-corrected chi connectivity index (χ2v) is 6.55. The van der Waals surface area contributed by atoms with Crippen molar-refractivity contribution in [3.05, 3.63) is 18.2 Å². The molecule has 3 rings (SSSR count). The molecule has 1 aliphatic heterocycles. The van der Waals surface area contributed by atoms with Crippen molar-refractivity contribution >= 4 is 0 Å². The Bertz CT molecular complexity index is 441. The lowest BCUT2D eigenvalue weighted by Crippen LogP contribution is -2.61. The molecule has 1 aromatic rings. The van der Waals surface area contributed by atoms with Gasteiger partial charge in [-0.25, -0.2) is 4.98 Å². The summed E-state index contributed by atoms with van der Waals surface area (Å²) in [6, 6.07) is 0. The topological polar surface area (TPSA) is 47.1 Å². The highest BCUT2D eigenvalue weighted by atomic mass is 15.3. The van der Waals surface area contributed by atoms with Crippen molar-refractivity contribution in [2.75, 3.05) is 13.1 Å². The molecule has 0 aromatic carbocycles. The fourth-order valence-corrected chi connectivity index (χ4v) is 4.12. The summed E-state index contributed by atoms with van der Waals surface area (Å²) in [6.07, 6.45) is 7.91. The molecule has 1 aromatic heterocycles. The van der Waals surface area contributed by atoms with Gasteiger partial charge in [0.1, 0.15) is 5.82 Å². The highest BCUT2D eigenvalue weighted by Gasteiger charge is 2.45. The van der Waals surface area contributed by atoms with E-state index in [1.165, 1.54) is 25.1 Å². The first-order valence-corrected chi connectivity index (χ1v) is 7.61. The number of hydrogen-bond acceptors (Lipinski definition) is 3. The smallest absolute Gasteiger partial charge is 0.122 e. The predicted octanol–water partition coefficient (Wildman–Crippen LogP) is 1.85. The van der Waals surface area contributed by atoms with Gasteiger partial charge >= 0.3 is 0 Å². The average Bonchev–Trinajstić information content (AvgIpc) is 2.89. The number of nitrogens with zero attached hydrogens (tertiary/aromatic N) is 3. The molecular formula is C15H26N4. The van der Waals surface area contributed by atoms with Crippen molar-refractivity contribution in [3.8, 4) is 0 Å². The zero-order chi connectivity index (χ0) is 13.5. The maximum atomic E-state index is 6.25. The molecule has 3 atom stereocenters. The minimum absolute atomic E-state index is 0.189. The lowest BCUT2D eigenvalue weighted by Gasteiger charge is -2.52. The first-order valence-electron chi connectivity index (χ1n) is 7.61. The Morgan fingerprint density at radius 3 is 3.00 bits per heavy atom. The van der Waals surface area contributed by atoms with E-state index in [0.29, 0.717) is 5.92 Å². The Hall–Kier alpha value is -0.870. The zero-order valence-electron chi connectivity index (χ0n) is 12.2. The SMILES string of the molecule is CC1CCC(C)C(CN)(N2CCn3ccnc3C2)C1. The number of nitrogens with two attached hydrogens (primary N) is 1. The highest BCUT2D eigenvalue weighted by Crippen LogP contribution is 2.41. The molecule has 2 N–H and O–H groups in total. The van der Waals surface area contributed by atoms with E-state index >= 15 is 0 Å². The second-order valence-electron chi connectivity index (χ2n) is 6.55. The Morgan fingerprint density at radius 2 is 2.21 bits per heavy atom. The molecule has 1 aliphatic carbocycles. The molecule has 2 aliphatic rings. The summed E-state index contributed by atoms with van der Waals surface area (Å²) >= 11 is 0. The Labute approximate surface area is 116 Å². The van der Waals surface area contributed by atoms with Crippen LogP contribution in [0, 0.1) is 11.8 Å². The van der Waals surface area contributed by atoms with E-state index in [9.17, 15) is 0 Å². The van der Waals surface area contributed by atoms with E-state index in [1.54, 1.807) is 0 Å². The maximum absolute atomic E-state index is 6.25. The summed E-state index contributed by atoms with van der Waals surface area (Å²) in [4.78, 5) is 7.11. The van der Waals surface area contributed by atoms with Crippen molar-refractivity contribution in [1.29, 1.82) is 0 Å². The monoisotopic (exact) mass is 262 g/mol. The number of imidazole rings is 1. The van der Waals surface area contributed by atoms with Gasteiger partial charge in [0.2, 0.25) is 0 Å². The van der Waals surface area contributed by atoms with Crippen LogP contribution in [0.1, 0.15) is 38.9 Å². The molecule has 0 bridgehead atoms. The number of fused-ring (bicyclic) bond motifs is 1. The van der Waals surface area contributed by atoms with E-state index in [2.05, 4.69) is 34.5 Å². The highest BCUT2D eigenvalue weighted by molar-refractivity contribution is 5.05. The van der Waals surface area contributed by atoms with Crippen LogP contribution in [0.25, 0.3) is 0 Å². The van der Waals surface area contributed by atoms with Gasteiger partial charge in [-0.15, -0.1) is 0 Å². The van der Waals surface area contributed by atoms with Gasteiger partial charge in [-0.1, -0.05) is 20.3 Å². The van der Waals surface area contributed by atoms with E-state index in [0.717, 1.165) is 32.1 Å². The summed E-state index contributed by atoms with van der Waals surface area (Å²) < 4.78 is 2.28. The number of rotatable bonds is 2. The zero-order valence-corrected chi connectivity index (χ0v) is 12.2. The van der Waals surface area contributed by atoms with E-state index < -0.39 is 0 Å². The van der Waals surface area contributed by atoms with Crippen molar-refractivity contribution in [2.45, 2.75) is 51.7 Å². The van der Waals surface area contributed by atoms with Gasteiger partial charge in [0.05, 0.1) is 6.54 Å². The summed E-state index contributed by atoms with van der Waals surface area (Å²) in [5, 5.41) is 0. The maximum Gasteiger partial charge on any atom is 0.122 e. The van der Waals surface area contributed by atoms with Crippen LogP contribution in [0.2, 0.25) is 0 Å². The van der Waals surface area contributed by atoms with Crippen LogP contribution >= 0.6 is 0 Å². The molecule has 2 heterocycles. The first kappa shape index (κ1) is 13.1. The number of hydrogen-bond donors (Lipinski definition) is 1. The Kier molecular flexibility index (Phi) is 3.39. The molecule has 0 saturated heterocycles. The molecule has 1 fully saturated rings. The van der Waals surface area contributed by atoms with Gasteiger partial charge in [0.25, 0.3) is 0 Å². The minimum Gasteiger partial charge on any atom is -0.333 e. The van der Waals surface area contributed by atoms with E-state index in [1.807, 2.05) is 6.20 Å². The first-order chi connectivity index (χ1) is 9.15. The quantitative estimate of drug-likeness (QED) is 0.885. The van der Waals surface area contributed by atoms with E-state index in [-0.39, 0.29) is 5.54 Å². The normalized spacial score (nSPS) is 36.2. The third-order valence-electron chi connectivity index (χ3n) is 5.44. The van der Waals surface area contributed by atoms with Gasteiger partial charge in [0.15, 0.2) is 0 Å². The van der Waals surface area contributed by atoms with Crippen LogP contribution in [-0.4, -0.2) is 33.1 Å². The van der Waals surface area contributed by atoms with Crippen molar-refractivity contribution in [3.63, 3.8) is 0 Å². The van der Waals surface area contributed by atoms with Gasteiger partial charge in [-0.2, -0.15) is 0 Å². The van der Waals surface area contributed by atoms with Gasteiger partial charge in [-0.3, -0.25) is 4.90 Å². The molecule has 1 saturated carbocycles. The lowest BCUT2D eigenvalue weighted by atomic mass is 9.68. The molecule has 0 radical (unpaired) electrons. The van der Waals surface area contributed by atoms with Crippen LogP contribution in [0.4, 0.5) is 0 Å². The average molecular weight is 262 g/mol. The van der Waals surface area contributed by atoms with Gasteiger partial charge in [0, 0.05) is 37.6 Å². The Balaban J connectivity index is 1.86. The summed E-state index contributed by atoms with van der Waals surface area (Å²) in [7, 11) is 0. The molecule has 3 unspecified atom stereocenters. The standard InChI is InChI=1S/C15H26N4/c1-12-3-4-13(2)15(9-12,11-16)19-8-7-18-6-5-17-14(18)10-19/h5-6,12-13H,3-4,7-11,16H2,1-2H3. The van der Waals surface area contributed by atoms with Crippen LogP contribution in [0.5, 0.6) is 0 Å². The second kappa shape index (κ2) is 4.91. The largest absolute Gasteiger partial charge is 0.333 e. The molecule has 106 valence electrons. The third-order valence-corrected chi connectivity index (χ3v) is 5.44. The van der Waals surface area contributed by atoms with Crippen LogP contribution in [0.3, 0.4) is 0 Å². The summed E-state index contributed by atoms with van der Waals surface area (Å²) in [5.74, 6) is 2.68. The molecule has 4 nitrogen and oxygen atoms in total. The van der Waals surface area contributed by atoms with Crippen LogP contribution < -0.4 is 5.73 Å². The fraction of sp³-hybridized carbons (Fsp3) is 0.800. The molecular weight excluding hydrogens is 236 g/mol. The Morgan fingerprint density at radius 1 is 1.37 bits per heavy atom. The summed E-state index contributed by atoms with van der Waals surface area (Å²) in [5.41, 5.74) is 6.44. The molecule has 0 spiro atoms. The molecule has 19 heavy (non-hydrogen) atoms. The predicted molar refractivity (Wildman–Crippen MR) is 76.6 cm³/mol. The number of aromatic nitrogens is 2. The molecule has 4 heteroatoms. The lowest BCUT2D eigenvalue weighted by molar-refractivity contribution is -0.0218. The van der Waals surface area contributed by atoms with Crippen LogP contribution in [-0.2, 0) is 13.1 Å². The van der Waals surface area contributed by atoms with Crippen molar-refractivity contribution in [2.24, 2.45) is 17.6 Å².